The van der Waals surface area contributed by atoms with Gasteiger partial charge in [0.25, 0.3) is 0 Å². The van der Waals surface area contributed by atoms with Gasteiger partial charge in [0.05, 0.1) is 22.0 Å². The summed E-state index contributed by atoms with van der Waals surface area (Å²) in [4.78, 5) is 21.0. The van der Waals surface area contributed by atoms with Crippen LogP contribution in [-0.4, -0.2) is 33.9 Å². The minimum atomic E-state index is -0.142. The molecule has 0 radical (unpaired) electrons. The molecule has 0 aromatic carbocycles. The van der Waals surface area contributed by atoms with Crippen LogP contribution in [0.1, 0.15) is 80.1 Å². The second kappa shape index (κ2) is 58.3. The number of hydrogen-bond donors (Lipinski definition) is 0. The van der Waals surface area contributed by atoms with Gasteiger partial charge in [-0.15, -0.1) is 29.8 Å². The van der Waals surface area contributed by atoms with Crippen molar-refractivity contribution in [2.24, 2.45) is 5.92 Å². The van der Waals surface area contributed by atoms with E-state index in [1.54, 1.807) is 19.9 Å². The maximum atomic E-state index is 10.6. The van der Waals surface area contributed by atoms with Gasteiger partial charge in [-0.2, -0.15) is 13.8 Å². The first-order valence-electron chi connectivity index (χ1n) is 9.36. The van der Waals surface area contributed by atoms with E-state index in [1.807, 2.05) is 0 Å². The smallest absolute Gasteiger partial charge is 0.469 e. The van der Waals surface area contributed by atoms with Crippen LogP contribution in [0.25, 0.3) is 0 Å². The molecule has 4 nitrogen and oxygen atoms in total. The van der Waals surface area contributed by atoms with Gasteiger partial charge in [0.1, 0.15) is 0 Å². The Morgan fingerprint density at radius 1 is 0.969 bits per heavy atom. The average Bonchev–Trinajstić information content (AvgIpc) is 3.57. The van der Waals surface area contributed by atoms with Crippen LogP contribution in [0.15, 0.2) is 12.7 Å². The van der Waals surface area contributed by atoms with Crippen molar-refractivity contribution in [1.82, 2.24) is 0 Å². The first-order chi connectivity index (χ1) is 14.0. The molecule has 0 saturated heterocycles. The molecule has 0 atom stereocenters. The van der Waals surface area contributed by atoms with Gasteiger partial charge in [0.2, 0.25) is 0 Å². The summed E-state index contributed by atoms with van der Waals surface area (Å²) in [6, 6.07) is 0. The Kier molecular flexibility index (Phi) is 99.0. The average molecular weight is 779 g/mol. The number of allylic oxidation sites excluding steroid dienone is 1. The number of esters is 2. The number of ether oxygens (including phenoxy) is 2. The summed E-state index contributed by atoms with van der Waals surface area (Å²) in [5.41, 5.74) is 0. The van der Waals surface area contributed by atoms with Crippen molar-refractivity contribution in [2.45, 2.75) is 80.1 Å². The quantitative estimate of drug-likeness (QED) is 0.0469. The van der Waals surface area contributed by atoms with E-state index in [0.717, 1.165) is 25.2 Å². The van der Waals surface area contributed by atoms with Crippen molar-refractivity contribution in [3.8, 4) is 0 Å². The number of carbonyl (C=O) groups is 2. The van der Waals surface area contributed by atoms with Crippen LogP contribution < -0.4 is 0 Å². The molecular weight excluding hydrogens is 730 g/mol. The van der Waals surface area contributed by atoms with Crippen LogP contribution in [0.4, 0.5) is 0 Å². The number of unbranched alkanes of at least 4 members (excludes halogenated alkanes) is 1. The summed E-state index contributed by atoms with van der Waals surface area (Å²) < 4.78 is 10.1. The normalized spacial score (nSPS) is 9.19. The summed E-state index contributed by atoms with van der Waals surface area (Å²) in [6.45, 7) is 13.5. The molecule has 0 bridgehead atoms. The molecule has 0 unspecified atom stereocenters. The topological polar surface area (TPSA) is 52.6 Å². The predicted octanol–water partition coefficient (Wildman–Crippen LogP) is 9.44. The Morgan fingerprint density at radius 2 is 1.28 bits per heavy atom. The molecule has 0 spiro atoms. The fourth-order valence-electron chi connectivity index (χ4n) is 1.54. The van der Waals surface area contributed by atoms with Crippen molar-refractivity contribution in [3.63, 3.8) is 0 Å². The molecule has 194 valence electrons. The summed E-state index contributed by atoms with van der Waals surface area (Å²) in [7, 11) is 2.84. The summed E-state index contributed by atoms with van der Waals surface area (Å²) >= 11 is 14.1. The molecule has 0 N–H and O–H groups in total. The van der Waals surface area contributed by atoms with Crippen molar-refractivity contribution in [2.75, 3.05) is 22.0 Å². The third-order valence-corrected chi connectivity index (χ3v) is 2.93. The molecule has 1 fully saturated rings. The molecule has 0 amide bonds. The number of alkyl halides is 4. The number of rotatable bonds is 8. The molecule has 1 aliphatic rings. The van der Waals surface area contributed by atoms with E-state index in [9.17, 15) is 9.59 Å². The molecule has 0 aliphatic heterocycles. The van der Waals surface area contributed by atoms with Gasteiger partial charge < -0.3 is 23.3 Å². The van der Waals surface area contributed by atoms with Gasteiger partial charge >= 0.3 is 31.4 Å². The summed E-state index contributed by atoms with van der Waals surface area (Å²) in [5, 5.41) is 0.194. The molecule has 1 rings (SSSR count). The van der Waals surface area contributed by atoms with E-state index in [0.29, 0.717) is 12.8 Å². The summed E-state index contributed by atoms with van der Waals surface area (Å²) in [6.07, 6.45) is 9.61. The van der Waals surface area contributed by atoms with E-state index in [1.165, 1.54) is 35.9 Å². The zero-order valence-corrected chi connectivity index (χ0v) is 28.0. The number of halogens is 4. The van der Waals surface area contributed by atoms with E-state index in [-0.39, 0.29) is 51.6 Å². The molecule has 0 aromatic heterocycles. The number of carbonyl (C=O) groups excluding carboxylic acids is 2. The van der Waals surface area contributed by atoms with Crippen molar-refractivity contribution < 1.29 is 38.5 Å². The third-order valence-electron chi connectivity index (χ3n) is 2.93. The zero-order chi connectivity index (χ0) is 23.9. The van der Waals surface area contributed by atoms with Crippen LogP contribution in [0.5, 0.6) is 0 Å². The zero-order valence-electron chi connectivity index (χ0n) is 19.2. The van der Waals surface area contributed by atoms with Gasteiger partial charge in [-0.25, -0.2) is 0 Å². The van der Waals surface area contributed by atoms with Crippen LogP contribution in [-0.2, 0) is 38.5 Å². The van der Waals surface area contributed by atoms with Crippen molar-refractivity contribution in [1.29, 1.82) is 0 Å². The molecule has 9 heteroatoms. The van der Waals surface area contributed by atoms with Crippen LogP contribution in [0.3, 0.4) is 0 Å². The molecule has 0 heterocycles. The molecule has 32 heavy (non-hydrogen) atoms. The minimum absolute atomic E-state index is 0. The first-order valence-corrected chi connectivity index (χ1v) is 13.5. The second-order valence-corrected chi connectivity index (χ2v) is 10.1. The monoisotopic (exact) mass is 776 g/mol. The standard InChI is InChI=1S/C8H14O2.C7H12O2.2C2H5.CH2Cl2.CH2I2.2CH4.Zn/c1-10-8(9)4-2-3-7-5-6-7;1-3-4-5-6-7(8)9-2;2*1-2;2*2-1-3;;;/h7H,2-6H2,1H3;3H,1,4-6H2,2H3;2*1H2,2H3;2*1H2;2*1H4;/q;;2*-1;;;;;+2. The number of methoxy groups -OCH3 is 2. The van der Waals surface area contributed by atoms with Gasteiger partial charge in [0, 0.05) is 12.8 Å². The van der Waals surface area contributed by atoms with Crippen LogP contribution in [0, 0.1) is 19.8 Å². The molecule has 1 aliphatic carbocycles. The van der Waals surface area contributed by atoms with E-state index in [2.05, 4.69) is 75.1 Å². The Morgan fingerprint density at radius 3 is 1.53 bits per heavy atom. The maximum absolute atomic E-state index is 10.6. The predicted molar refractivity (Wildman–Crippen MR) is 160 cm³/mol. The molecule has 1 saturated carbocycles. The first kappa shape index (κ1) is 54.3. The van der Waals surface area contributed by atoms with E-state index < -0.39 is 0 Å². The largest absolute Gasteiger partial charge is 2.00 e. The Bertz CT molecular complexity index is 322. The third kappa shape index (κ3) is 77.1. The minimum Gasteiger partial charge on any atom is -0.469 e. The van der Waals surface area contributed by atoms with E-state index in [4.69, 9.17) is 23.2 Å². The maximum Gasteiger partial charge on any atom is 2.00 e. The van der Waals surface area contributed by atoms with Gasteiger partial charge in [0.15, 0.2) is 0 Å². The Balaban J connectivity index is -0.0000000403. The van der Waals surface area contributed by atoms with Gasteiger partial charge in [-0.3, -0.25) is 9.59 Å². The number of hydrogen-bond acceptors (Lipinski definition) is 4. The Hall–Kier alpha value is 1.34. The molecule has 0 aromatic rings. The SMILES string of the molecule is C.C.C=CCCCC(=O)OC.COC(=O)CCCC1CC1.ClCCl.ICI.[CH2-]C.[CH2-]C.[Zn+2]. The van der Waals surface area contributed by atoms with Crippen LogP contribution >= 0.6 is 68.4 Å². The van der Waals surface area contributed by atoms with Crippen molar-refractivity contribution >= 4 is 80.3 Å². The molecular formula is C23H48Cl2I2O4Zn. The van der Waals surface area contributed by atoms with Gasteiger partial charge in [-0.1, -0.05) is 79.0 Å². The summed E-state index contributed by atoms with van der Waals surface area (Å²) in [5.74, 6) is 0.724. The Labute approximate surface area is 251 Å². The fourth-order valence-corrected chi connectivity index (χ4v) is 1.54. The van der Waals surface area contributed by atoms with Crippen LogP contribution in [0.2, 0.25) is 0 Å². The van der Waals surface area contributed by atoms with E-state index >= 15 is 0 Å². The van der Waals surface area contributed by atoms with Gasteiger partial charge in [-0.05, 0) is 31.6 Å². The fraction of sp³-hybridized carbons (Fsp3) is 0.739. The van der Waals surface area contributed by atoms with Crippen molar-refractivity contribution in [3.05, 3.63) is 26.5 Å². The second-order valence-electron chi connectivity index (χ2n) is 4.87.